The normalized spacial score (nSPS) is 12.5. The van der Waals surface area contributed by atoms with E-state index in [1.54, 1.807) is 0 Å². The maximum absolute atomic E-state index is 12.8. The van der Waals surface area contributed by atoms with E-state index in [2.05, 4.69) is 81.5 Å². The summed E-state index contributed by atoms with van der Waals surface area (Å²) >= 11 is 0. The topological polar surface area (TPSA) is 78.9 Å². The standard InChI is InChI=1S/C57H100O6/c1-4-7-10-13-16-19-22-25-27-28-30-33-35-38-41-44-47-50-56(59)62-53-54(63-57(60)51-48-45-42-39-36-31-24-21-18-15-12-9-6-3)52-61-55(58)49-46-43-40-37-34-32-29-26-23-20-17-14-11-8-5-2/h16-17,19-20,25-27,29,34,37,54H,4-15,18,21-24,28,30-33,35-36,38-53H2,1-3H3/b19-16-,20-17-,27-25-,29-26-,37-34-/t54-/m0/s1. The van der Waals surface area contributed by atoms with Gasteiger partial charge in [-0.25, -0.2) is 0 Å². The van der Waals surface area contributed by atoms with E-state index < -0.39 is 6.10 Å². The van der Waals surface area contributed by atoms with Gasteiger partial charge in [0.2, 0.25) is 0 Å². The van der Waals surface area contributed by atoms with Crippen LogP contribution in [0.3, 0.4) is 0 Å². The molecule has 0 saturated heterocycles. The van der Waals surface area contributed by atoms with Crippen molar-refractivity contribution in [1.29, 1.82) is 0 Å². The molecule has 0 radical (unpaired) electrons. The van der Waals surface area contributed by atoms with Crippen LogP contribution in [0.4, 0.5) is 0 Å². The minimum atomic E-state index is -0.790. The lowest BCUT2D eigenvalue weighted by molar-refractivity contribution is -0.167. The SMILES string of the molecule is CCCCC/C=C\C/C=C\C/C=C\CCCCC(=O)OC[C@@H](COC(=O)CCCCCCCCC/C=C\C/C=C\CCCCC)OC(=O)CCCCCCCCCCCCCCC. The lowest BCUT2D eigenvalue weighted by Gasteiger charge is -2.18. The zero-order valence-electron chi connectivity index (χ0n) is 41.6. The van der Waals surface area contributed by atoms with E-state index >= 15 is 0 Å². The third kappa shape index (κ3) is 50.0. The number of allylic oxidation sites excluding steroid dienone is 10. The van der Waals surface area contributed by atoms with Gasteiger partial charge in [0.1, 0.15) is 13.2 Å². The van der Waals surface area contributed by atoms with Crippen LogP contribution < -0.4 is 0 Å². The van der Waals surface area contributed by atoms with Crippen molar-refractivity contribution >= 4 is 17.9 Å². The Kier molecular flexibility index (Phi) is 49.4. The summed E-state index contributed by atoms with van der Waals surface area (Å²) in [4.78, 5) is 38.0. The van der Waals surface area contributed by atoms with Gasteiger partial charge in [-0.3, -0.25) is 14.4 Å². The van der Waals surface area contributed by atoms with Crippen molar-refractivity contribution in [3.8, 4) is 0 Å². The first-order valence-electron chi connectivity index (χ1n) is 26.8. The summed E-state index contributed by atoms with van der Waals surface area (Å²) in [6.07, 6.45) is 63.4. The second kappa shape index (κ2) is 51.7. The molecular formula is C57H100O6. The van der Waals surface area contributed by atoms with Crippen molar-refractivity contribution in [2.24, 2.45) is 0 Å². The quantitative estimate of drug-likeness (QED) is 0.0262. The van der Waals surface area contributed by atoms with Gasteiger partial charge in [0.15, 0.2) is 6.10 Å². The van der Waals surface area contributed by atoms with Crippen LogP contribution in [0.1, 0.15) is 265 Å². The van der Waals surface area contributed by atoms with Gasteiger partial charge >= 0.3 is 17.9 Å². The third-order valence-corrected chi connectivity index (χ3v) is 11.5. The zero-order valence-corrected chi connectivity index (χ0v) is 41.6. The average molecular weight is 881 g/mol. The molecule has 6 nitrogen and oxygen atoms in total. The van der Waals surface area contributed by atoms with Gasteiger partial charge < -0.3 is 14.2 Å². The molecule has 0 aromatic heterocycles. The summed E-state index contributed by atoms with van der Waals surface area (Å²) in [7, 11) is 0. The lowest BCUT2D eigenvalue weighted by atomic mass is 10.0. The number of ether oxygens (including phenoxy) is 3. The molecule has 364 valence electrons. The van der Waals surface area contributed by atoms with Crippen molar-refractivity contribution in [2.75, 3.05) is 13.2 Å². The predicted molar refractivity (Wildman–Crippen MR) is 270 cm³/mol. The fourth-order valence-electron chi connectivity index (χ4n) is 7.42. The highest BCUT2D eigenvalue weighted by molar-refractivity contribution is 5.71. The van der Waals surface area contributed by atoms with Crippen LogP contribution in [0.2, 0.25) is 0 Å². The van der Waals surface area contributed by atoms with E-state index in [0.29, 0.717) is 19.3 Å². The van der Waals surface area contributed by atoms with Crippen LogP contribution in [0.5, 0.6) is 0 Å². The summed E-state index contributed by atoms with van der Waals surface area (Å²) in [5.41, 5.74) is 0. The summed E-state index contributed by atoms with van der Waals surface area (Å²) in [5, 5.41) is 0. The minimum absolute atomic E-state index is 0.0887. The molecule has 0 aliphatic heterocycles. The molecule has 0 heterocycles. The maximum Gasteiger partial charge on any atom is 0.306 e. The molecule has 0 aromatic rings. The van der Waals surface area contributed by atoms with Crippen molar-refractivity contribution in [1.82, 2.24) is 0 Å². The van der Waals surface area contributed by atoms with Gasteiger partial charge in [-0.05, 0) is 89.9 Å². The van der Waals surface area contributed by atoms with E-state index in [0.717, 1.165) is 83.5 Å². The molecule has 0 bridgehead atoms. The first-order chi connectivity index (χ1) is 31.0. The number of esters is 3. The first-order valence-corrected chi connectivity index (χ1v) is 26.8. The van der Waals surface area contributed by atoms with Crippen LogP contribution >= 0.6 is 0 Å². The monoisotopic (exact) mass is 881 g/mol. The van der Waals surface area contributed by atoms with E-state index in [1.807, 2.05) is 0 Å². The number of rotatable bonds is 48. The molecule has 0 N–H and O–H groups in total. The Labute approximate surface area is 390 Å². The second-order valence-corrected chi connectivity index (χ2v) is 17.8. The Hall–Kier alpha value is -2.89. The van der Waals surface area contributed by atoms with Gasteiger partial charge in [-0.1, -0.05) is 216 Å². The van der Waals surface area contributed by atoms with Gasteiger partial charge in [-0.2, -0.15) is 0 Å². The smallest absolute Gasteiger partial charge is 0.306 e. The van der Waals surface area contributed by atoms with Gasteiger partial charge in [0, 0.05) is 19.3 Å². The van der Waals surface area contributed by atoms with Crippen LogP contribution in [0, 0.1) is 0 Å². The fourth-order valence-corrected chi connectivity index (χ4v) is 7.42. The number of carbonyl (C=O) groups is 3. The van der Waals surface area contributed by atoms with Crippen molar-refractivity contribution in [2.45, 2.75) is 271 Å². The molecule has 0 rings (SSSR count). The van der Waals surface area contributed by atoms with Crippen LogP contribution in [0.25, 0.3) is 0 Å². The van der Waals surface area contributed by atoms with Crippen LogP contribution in [-0.2, 0) is 28.6 Å². The van der Waals surface area contributed by atoms with E-state index in [1.165, 1.54) is 141 Å². The van der Waals surface area contributed by atoms with Gasteiger partial charge in [-0.15, -0.1) is 0 Å². The number of hydrogen-bond donors (Lipinski definition) is 0. The van der Waals surface area contributed by atoms with Gasteiger partial charge in [0.25, 0.3) is 0 Å². The lowest BCUT2D eigenvalue weighted by Crippen LogP contribution is -2.30. The fraction of sp³-hybridized carbons (Fsp3) is 0.772. The molecule has 6 heteroatoms. The summed E-state index contributed by atoms with van der Waals surface area (Å²) < 4.78 is 16.8. The van der Waals surface area contributed by atoms with Crippen LogP contribution in [-0.4, -0.2) is 37.2 Å². The Balaban J connectivity index is 4.42. The molecular weight excluding hydrogens is 781 g/mol. The molecule has 0 unspecified atom stereocenters. The van der Waals surface area contributed by atoms with Crippen LogP contribution in [0.15, 0.2) is 60.8 Å². The van der Waals surface area contributed by atoms with Crippen molar-refractivity contribution < 1.29 is 28.6 Å². The maximum atomic E-state index is 12.8. The molecule has 0 saturated carbocycles. The summed E-state index contributed by atoms with van der Waals surface area (Å²) in [6.45, 7) is 6.56. The number of unbranched alkanes of at least 4 members (excludes halogenated alkanes) is 27. The molecule has 63 heavy (non-hydrogen) atoms. The number of hydrogen-bond acceptors (Lipinski definition) is 6. The summed E-state index contributed by atoms with van der Waals surface area (Å²) in [5.74, 6) is -0.928. The first kappa shape index (κ1) is 60.1. The molecule has 0 spiro atoms. The Bertz CT molecular complexity index is 1150. The highest BCUT2D eigenvalue weighted by Crippen LogP contribution is 2.15. The Morgan fingerprint density at radius 1 is 0.317 bits per heavy atom. The third-order valence-electron chi connectivity index (χ3n) is 11.5. The molecule has 1 atom stereocenters. The molecule has 0 aromatic carbocycles. The van der Waals surface area contributed by atoms with Crippen molar-refractivity contribution in [3.63, 3.8) is 0 Å². The van der Waals surface area contributed by atoms with E-state index in [9.17, 15) is 14.4 Å². The van der Waals surface area contributed by atoms with Crippen molar-refractivity contribution in [3.05, 3.63) is 60.8 Å². The average Bonchev–Trinajstić information content (AvgIpc) is 3.28. The zero-order chi connectivity index (χ0) is 45.8. The number of carbonyl (C=O) groups excluding carboxylic acids is 3. The molecule has 0 amide bonds. The molecule has 0 fully saturated rings. The van der Waals surface area contributed by atoms with Gasteiger partial charge in [0.05, 0.1) is 0 Å². The van der Waals surface area contributed by atoms with E-state index in [-0.39, 0.29) is 31.1 Å². The highest BCUT2D eigenvalue weighted by atomic mass is 16.6. The Morgan fingerprint density at radius 3 is 0.952 bits per heavy atom. The highest BCUT2D eigenvalue weighted by Gasteiger charge is 2.19. The molecule has 0 aliphatic carbocycles. The molecule has 0 aliphatic rings. The second-order valence-electron chi connectivity index (χ2n) is 17.8. The largest absolute Gasteiger partial charge is 0.462 e. The minimum Gasteiger partial charge on any atom is -0.462 e. The summed E-state index contributed by atoms with van der Waals surface area (Å²) in [6, 6.07) is 0. The Morgan fingerprint density at radius 2 is 0.571 bits per heavy atom. The van der Waals surface area contributed by atoms with E-state index in [4.69, 9.17) is 14.2 Å². The predicted octanol–water partition coefficient (Wildman–Crippen LogP) is 17.6.